The van der Waals surface area contributed by atoms with Gasteiger partial charge in [0, 0.05) is 22.8 Å². The zero-order chi connectivity index (χ0) is 48.0. The van der Waals surface area contributed by atoms with Crippen molar-refractivity contribution in [2.24, 2.45) is 0 Å². The van der Waals surface area contributed by atoms with Gasteiger partial charge in [-0.2, -0.15) is 13.8 Å². The first-order chi connectivity index (χ1) is 32.7. The first-order valence-electron chi connectivity index (χ1n) is 29.2. The van der Waals surface area contributed by atoms with Crippen LogP contribution < -0.4 is 0 Å². The Morgan fingerprint density at radius 1 is 0.358 bits per heavy atom. The van der Waals surface area contributed by atoms with Gasteiger partial charge in [-0.1, -0.05) is 270 Å². The molecule has 2 aromatic rings. The minimum Gasteiger partial charge on any atom is -0.493 e. The maximum Gasteiger partial charge on any atom is 2.00 e. The summed E-state index contributed by atoms with van der Waals surface area (Å²) >= 11 is 0. The normalized spacial score (nSPS) is 12.1. The van der Waals surface area contributed by atoms with E-state index < -0.39 is 0 Å². The Bertz CT molecular complexity index is 1450. The Labute approximate surface area is 430 Å². The minimum atomic E-state index is 0. The summed E-state index contributed by atoms with van der Waals surface area (Å²) in [5, 5.41) is 0. The zero-order valence-corrected chi connectivity index (χ0v) is 46.3. The van der Waals surface area contributed by atoms with E-state index in [1.54, 1.807) is 13.8 Å². The number of allylic oxidation sites excluding steroid dienone is 2. The van der Waals surface area contributed by atoms with E-state index in [0.717, 1.165) is 41.8 Å². The predicted molar refractivity (Wildman–Crippen MR) is 298 cm³/mol. The first-order valence-corrected chi connectivity index (χ1v) is 29.2. The third-order valence-electron chi connectivity index (χ3n) is 13.9. The van der Waals surface area contributed by atoms with Gasteiger partial charge in [-0.25, -0.2) is 4.70 Å². The fourth-order valence-corrected chi connectivity index (χ4v) is 9.87. The molecule has 0 fully saturated rings. The van der Waals surface area contributed by atoms with Gasteiger partial charge < -0.3 is 19.4 Å². The number of unbranched alkanes of at least 4 members (excludes halogenated alkanes) is 35. The second-order valence-electron chi connectivity index (χ2n) is 19.7. The van der Waals surface area contributed by atoms with Crippen molar-refractivity contribution in [2.45, 2.75) is 298 Å². The molecular weight excluding hydrogens is 855 g/mol. The molecule has 0 saturated carbocycles. The van der Waals surface area contributed by atoms with Crippen molar-refractivity contribution < 1.29 is 21.2 Å². The molecule has 0 radical (unpaired) electrons. The van der Waals surface area contributed by atoms with E-state index in [0.29, 0.717) is 0 Å². The maximum atomic E-state index is 11.9. The van der Waals surface area contributed by atoms with Crippen LogP contribution in [0.5, 0.6) is 0 Å². The standard InChI is InChI=1S/C60H100N2.2C2H5.Ni/c1-4-7-10-13-16-17-18-19-20-21-22-23-24-25-26-27-28-29-30-31-32-33-34-35-38-41-48-58-53-59(56-49-42-46-54(51-56)44-39-36-14-11-8-5-2)62(61)60(58)57-50-43-47-55(52-57)45-40-37-15-12-9-6-3;2*1-2;/h42-43,46-47,49-53H,4-41,44-45,48H2,1-3H3;2*1H2,2H3;/q;2*-1;+2. The van der Waals surface area contributed by atoms with E-state index in [2.05, 4.69) is 89.2 Å². The summed E-state index contributed by atoms with van der Waals surface area (Å²) in [5.41, 5.74) is 20.2. The van der Waals surface area contributed by atoms with E-state index in [1.165, 1.54) is 265 Å². The van der Waals surface area contributed by atoms with Crippen molar-refractivity contribution in [3.63, 3.8) is 0 Å². The summed E-state index contributed by atoms with van der Waals surface area (Å²) in [6, 6.07) is 18.1. The van der Waals surface area contributed by atoms with Crippen LogP contribution in [0.15, 0.2) is 60.2 Å². The molecule has 0 N–H and O–H groups in total. The molecule has 1 aliphatic rings. The van der Waals surface area contributed by atoms with Crippen molar-refractivity contribution >= 4 is 11.4 Å². The van der Waals surface area contributed by atoms with E-state index in [-0.39, 0.29) is 16.5 Å². The summed E-state index contributed by atoms with van der Waals surface area (Å²) < 4.78 is 1.53. The average Bonchev–Trinajstić information content (AvgIpc) is 3.68. The third-order valence-corrected chi connectivity index (χ3v) is 13.9. The monoisotopic (exact) mass is 965 g/mol. The van der Waals surface area contributed by atoms with Crippen LogP contribution in [0.2, 0.25) is 0 Å². The van der Waals surface area contributed by atoms with Crippen molar-refractivity contribution in [3.05, 3.63) is 102 Å². The summed E-state index contributed by atoms with van der Waals surface area (Å²) in [5.74, 6) is 0. The number of aryl methyl sites for hydroxylation is 2. The van der Waals surface area contributed by atoms with Crippen LogP contribution in [0.1, 0.15) is 307 Å². The van der Waals surface area contributed by atoms with Crippen LogP contribution in [-0.2, 0) is 29.3 Å². The van der Waals surface area contributed by atoms with Gasteiger partial charge in [-0.15, -0.1) is 0 Å². The Hall–Kier alpha value is -1.99. The molecule has 1 aliphatic heterocycles. The molecule has 0 spiro atoms. The van der Waals surface area contributed by atoms with Gasteiger partial charge in [0.05, 0.1) is 0 Å². The quantitative estimate of drug-likeness (QED) is 0.0274. The largest absolute Gasteiger partial charge is 2.00 e. The van der Waals surface area contributed by atoms with Crippen molar-refractivity contribution in [1.29, 1.82) is 0 Å². The number of nitrogens with zero attached hydrogens (tertiary/aromatic N) is 2. The molecule has 0 bridgehead atoms. The number of rotatable bonds is 43. The summed E-state index contributed by atoms with van der Waals surface area (Å²) in [6.45, 7) is 16.9. The van der Waals surface area contributed by atoms with Gasteiger partial charge in [0.2, 0.25) is 11.4 Å². The molecule has 1 heterocycles. The smallest absolute Gasteiger partial charge is 0.493 e. The van der Waals surface area contributed by atoms with Crippen molar-refractivity contribution in [3.8, 4) is 0 Å². The molecule has 0 amide bonds. The Morgan fingerprint density at radius 2 is 0.627 bits per heavy atom. The van der Waals surface area contributed by atoms with Gasteiger partial charge in [-0.3, -0.25) is 0 Å². The Balaban J connectivity index is 0.00000847. The van der Waals surface area contributed by atoms with Crippen molar-refractivity contribution in [1.82, 2.24) is 0 Å². The molecule has 0 unspecified atom stereocenters. The maximum absolute atomic E-state index is 11.9. The molecule has 3 rings (SSSR count). The van der Waals surface area contributed by atoms with Gasteiger partial charge in [0.25, 0.3) is 0 Å². The second kappa shape index (κ2) is 49.0. The molecule has 2 nitrogen and oxygen atoms in total. The van der Waals surface area contributed by atoms with Gasteiger partial charge >= 0.3 is 16.5 Å². The molecule has 0 atom stereocenters. The van der Waals surface area contributed by atoms with E-state index in [4.69, 9.17) is 0 Å². The van der Waals surface area contributed by atoms with E-state index in [1.807, 2.05) is 0 Å². The first kappa shape index (κ1) is 65.0. The van der Waals surface area contributed by atoms with Gasteiger partial charge in [-0.05, 0) is 73.9 Å². The van der Waals surface area contributed by atoms with Crippen LogP contribution >= 0.6 is 0 Å². The van der Waals surface area contributed by atoms with Crippen LogP contribution in [-0.4, -0.2) is 4.70 Å². The van der Waals surface area contributed by atoms with Crippen LogP contribution in [0.25, 0.3) is 16.9 Å². The van der Waals surface area contributed by atoms with E-state index >= 15 is 0 Å². The molecule has 2 aromatic carbocycles. The number of hydrogen-bond donors (Lipinski definition) is 0. The second-order valence-corrected chi connectivity index (χ2v) is 19.7. The van der Waals surface area contributed by atoms with Crippen molar-refractivity contribution in [2.75, 3.05) is 0 Å². The zero-order valence-electron chi connectivity index (χ0n) is 45.3. The SMILES string of the molecule is CCCCCCCCCCCCCCCCCCCCCCCCCCCCC1=C(c2cccc(CCCCCCCC)c2)[N+](=[N-])C(c2cccc(CCCCCCCC)c2)=C1.[CH2-]C.[CH2-]C.[Ni+2]. The predicted octanol–water partition coefficient (Wildman–Crippen LogP) is 22.5. The Morgan fingerprint density at radius 3 is 0.955 bits per heavy atom. The molecule has 3 heteroatoms. The summed E-state index contributed by atoms with van der Waals surface area (Å²) in [6.07, 6.45) is 58.5. The number of hydrogen-bond acceptors (Lipinski definition) is 0. The molecule has 0 aliphatic carbocycles. The minimum absolute atomic E-state index is 0. The molecule has 0 aromatic heterocycles. The Kier molecular flexibility index (Phi) is 47.6. The molecule has 0 saturated heterocycles. The van der Waals surface area contributed by atoms with Crippen LogP contribution in [0.3, 0.4) is 0 Å². The fraction of sp³-hybridized carbons (Fsp3) is 0.719. The summed E-state index contributed by atoms with van der Waals surface area (Å²) in [7, 11) is 0. The average molecular weight is 966 g/mol. The molecule has 386 valence electrons. The molecule has 67 heavy (non-hydrogen) atoms. The van der Waals surface area contributed by atoms with Gasteiger partial charge in [0.1, 0.15) is 0 Å². The molecular formula is C64H110N2Ni. The third kappa shape index (κ3) is 33.3. The topological polar surface area (TPSA) is 25.3 Å². The van der Waals surface area contributed by atoms with Crippen LogP contribution in [0.4, 0.5) is 0 Å². The number of benzene rings is 2. The van der Waals surface area contributed by atoms with Gasteiger partial charge in [0.15, 0.2) is 0 Å². The fourth-order valence-electron chi connectivity index (χ4n) is 9.87. The summed E-state index contributed by atoms with van der Waals surface area (Å²) in [4.78, 5) is 0. The van der Waals surface area contributed by atoms with E-state index in [9.17, 15) is 5.53 Å². The van der Waals surface area contributed by atoms with Crippen LogP contribution in [0, 0.1) is 13.8 Å².